The molecule has 4 rings (SSSR count). The predicted molar refractivity (Wildman–Crippen MR) is 111 cm³/mol. The lowest BCUT2D eigenvalue weighted by Gasteiger charge is -2.37. The van der Waals surface area contributed by atoms with E-state index in [9.17, 15) is 9.59 Å². The van der Waals surface area contributed by atoms with Gasteiger partial charge in [-0.3, -0.25) is 19.2 Å². The molecular weight excluding hydrogens is 388 g/mol. The van der Waals surface area contributed by atoms with Crippen molar-refractivity contribution in [2.24, 2.45) is 12.5 Å². The Hall–Kier alpha value is -2.88. The molecule has 10 heteroatoms. The highest BCUT2D eigenvalue weighted by Gasteiger charge is 2.41. The van der Waals surface area contributed by atoms with Gasteiger partial charge < -0.3 is 19.4 Å². The van der Waals surface area contributed by atoms with Gasteiger partial charge in [0.25, 0.3) is 11.9 Å². The van der Waals surface area contributed by atoms with Gasteiger partial charge in [-0.25, -0.2) is 0 Å². The maximum Gasteiger partial charge on any atom is 0.298 e. The van der Waals surface area contributed by atoms with Crippen molar-refractivity contribution in [3.05, 3.63) is 18.2 Å². The van der Waals surface area contributed by atoms with Crippen molar-refractivity contribution < 1.29 is 18.7 Å². The normalized spacial score (nSPS) is 20.6. The van der Waals surface area contributed by atoms with Crippen LogP contribution in [0.5, 0.6) is 0 Å². The van der Waals surface area contributed by atoms with E-state index in [-0.39, 0.29) is 17.2 Å². The Morgan fingerprint density at radius 2 is 2.00 bits per heavy atom. The number of aromatic nitrogens is 3. The summed E-state index contributed by atoms with van der Waals surface area (Å²) in [5.74, 6) is 0.0214. The fourth-order valence-electron chi connectivity index (χ4n) is 3.81. The van der Waals surface area contributed by atoms with Crippen LogP contribution in [0.3, 0.4) is 0 Å². The summed E-state index contributed by atoms with van der Waals surface area (Å²) in [5, 5.41) is 7.21. The molecule has 2 amide bonds. The lowest BCUT2D eigenvalue weighted by atomic mass is 9.92. The van der Waals surface area contributed by atoms with Gasteiger partial charge >= 0.3 is 0 Å². The molecule has 0 saturated carbocycles. The van der Waals surface area contributed by atoms with E-state index in [2.05, 4.69) is 15.4 Å². The van der Waals surface area contributed by atoms with E-state index in [1.54, 1.807) is 22.8 Å². The predicted octanol–water partition coefficient (Wildman–Crippen LogP) is 2.04. The number of carbonyl (C=O) groups is 2. The summed E-state index contributed by atoms with van der Waals surface area (Å²) in [6, 6.07) is 0.388. The van der Waals surface area contributed by atoms with Crippen LogP contribution < -0.4 is 15.1 Å². The fraction of sp³-hybridized carbons (Fsp3) is 0.600. The molecule has 0 aromatic carbocycles. The molecule has 162 valence electrons. The third kappa shape index (κ3) is 3.79. The number of amides is 2. The van der Waals surface area contributed by atoms with Crippen LogP contribution in [0.25, 0.3) is 0 Å². The molecule has 2 aliphatic rings. The van der Waals surface area contributed by atoms with Gasteiger partial charge in [-0.2, -0.15) is 10.1 Å². The minimum atomic E-state index is -0.439. The second-order valence-corrected chi connectivity index (χ2v) is 9.13. The van der Waals surface area contributed by atoms with Crippen LogP contribution in [0, 0.1) is 5.41 Å². The van der Waals surface area contributed by atoms with E-state index in [4.69, 9.17) is 9.15 Å². The summed E-state index contributed by atoms with van der Waals surface area (Å²) in [5.41, 5.74) is -0.121. The number of aryl methyl sites for hydroxylation is 1. The van der Waals surface area contributed by atoms with Crippen LogP contribution in [0.15, 0.2) is 16.9 Å². The number of hydrogen-bond donors (Lipinski definition) is 1. The van der Waals surface area contributed by atoms with Gasteiger partial charge in [-0.1, -0.05) is 13.8 Å². The highest BCUT2D eigenvalue weighted by atomic mass is 16.5. The summed E-state index contributed by atoms with van der Waals surface area (Å²) >= 11 is 0. The van der Waals surface area contributed by atoms with Gasteiger partial charge in [-0.15, -0.1) is 0 Å². The molecule has 0 atom stereocenters. The van der Waals surface area contributed by atoms with Gasteiger partial charge in [0.2, 0.25) is 5.91 Å². The number of oxazole rings is 1. The van der Waals surface area contributed by atoms with Crippen LogP contribution in [0.4, 0.5) is 17.5 Å². The van der Waals surface area contributed by atoms with E-state index in [1.807, 2.05) is 32.6 Å². The summed E-state index contributed by atoms with van der Waals surface area (Å²) < 4.78 is 12.8. The maximum absolute atomic E-state index is 12.8. The molecule has 0 unspecified atom stereocenters. The number of nitrogens with one attached hydrogen (secondary N) is 1. The van der Waals surface area contributed by atoms with Gasteiger partial charge in [0.1, 0.15) is 12.0 Å². The first-order valence-electron chi connectivity index (χ1n) is 10.1. The van der Waals surface area contributed by atoms with Crippen LogP contribution in [0.2, 0.25) is 0 Å². The number of nitrogens with zero attached hydrogens (tertiary/aromatic N) is 5. The Labute approximate surface area is 175 Å². The van der Waals surface area contributed by atoms with Crippen LogP contribution in [-0.4, -0.2) is 58.4 Å². The molecule has 2 aromatic rings. The number of hydrogen-bond acceptors (Lipinski definition) is 7. The second kappa shape index (κ2) is 7.12. The first kappa shape index (κ1) is 20.4. The van der Waals surface area contributed by atoms with Crippen LogP contribution >= 0.6 is 0 Å². The van der Waals surface area contributed by atoms with Crippen molar-refractivity contribution in [3.63, 3.8) is 0 Å². The highest BCUT2D eigenvalue weighted by Crippen LogP contribution is 2.36. The Morgan fingerprint density at radius 3 is 2.67 bits per heavy atom. The summed E-state index contributed by atoms with van der Waals surface area (Å²) in [6.45, 7) is 10.2. The first-order valence-corrected chi connectivity index (χ1v) is 10.1. The Balaban J connectivity index is 1.51. The minimum absolute atomic E-state index is 0.00430. The second-order valence-electron chi connectivity index (χ2n) is 9.13. The van der Waals surface area contributed by atoms with Crippen molar-refractivity contribution >= 4 is 29.3 Å². The van der Waals surface area contributed by atoms with E-state index in [1.165, 1.54) is 6.26 Å². The molecule has 0 spiro atoms. The molecule has 0 bridgehead atoms. The molecule has 1 N–H and O–H groups in total. The van der Waals surface area contributed by atoms with Crippen molar-refractivity contribution in [1.29, 1.82) is 0 Å². The third-order valence-electron chi connectivity index (χ3n) is 5.52. The molecule has 30 heavy (non-hydrogen) atoms. The van der Waals surface area contributed by atoms with E-state index < -0.39 is 11.3 Å². The van der Waals surface area contributed by atoms with Crippen molar-refractivity contribution in [2.45, 2.75) is 39.7 Å². The zero-order valence-electron chi connectivity index (χ0n) is 18.1. The SMILES string of the molecule is Cn1cc(NC(=O)c2coc(N3CCOC(C)(C)C3)n2)c(N2CCC(C)(C)C2=O)n1. The number of morpholine rings is 1. The minimum Gasteiger partial charge on any atom is -0.431 e. The lowest BCUT2D eigenvalue weighted by molar-refractivity contribution is -0.124. The topological polar surface area (TPSA) is 106 Å². The van der Waals surface area contributed by atoms with Crippen LogP contribution in [-0.2, 0) is 16.6 Å². The quantitative estimate of drug-likeness (QED) is 0.813. The van der Waals surface area contributed by atoms with Gasteiger partial charge in [-0.05, 0) is 20.3 Å². The van der Waals surface area contributed by atoms with Crippen molar-refractivity contribution in [2.75, 3.05) is 41.4 Å². The van der Waals surface area contributed by atoms with E-state index >= 15 is 0 Å². The monoisotopic (exact) mass is 416 g/mol. The molecule has 2 fully saturated rings. The number of rotatable bonds is 4. The molecule has 4 heterocycles. The summed E-state index contributed by atoms with van der Waals surface area (Å²) in [4.78, 5) is 33.4. The lowest BCUT2D eigenvalue weighted by Crippen LogP contribution is -2.48. The highest BCUT2D eigenvalue weighted by molar-refractivity contribution is 6.07. The van der Waals surface area contributed by atoms with Gasteiger partial charge in [0, 0.05) is 25.6 Å². The van der Waals surface area contributed by atoms with E-state index in [0.29, 0.717) is 43.8 Å². The molecule has 0 aliphatic carbocycles. The molecule has 2 aliphatic heterocycles. The standard InChI is InChI=1S/C20H28N6O4/c1-19(2)6-7-26(17(19)28)15-13(10-24(5)23-15)21-16(27)14-11-29-18(22-14)25-8-9-30-20(3,4)12-25/h10-11H,6-9,12H2,1-5H3,(H,21,27). The smallest absolute Gasteiger partial charge is 0.298 e. The third-order valence-corrected chi connectivity index (χ3v) is 5.52. The Kier molecular flexibility index (Phi) is 4.84. The molecule has 0 radical (unpaired) electrons. The fourth-order valence-corrected chi connectivity index (χ4v) is 3.81. The average Bonchev–Trinajstić information content (AvgIpc) is 3.34. The molecular formula is C20H28N6O4. The van der Waals surface area contributed by atoms with Gasteiger partial charge in [0.05, 0.1) is 24.9 Å². The molecule has 2 saturated heterocycles. The number of ether oxygens (including phenoxy) is 1. The largest absolute Gasteiger partial charge is 0.431 e. The summed E-state index contributed by atoms with van der Waals surface area (Å²) in [6.07, 6.45) is 3.75. The zero-order valence-corrected chi connectivity index (χ0v) is 18.1. The summed E-state index contributed by atoms with van der Waals surface area (Å²) in [7, 11) is 1.75. The van der Waals surface area contributed by atoms with E-state index in [0.717, 1.165) is 6.42 Å². The Bertz CT molecular complexity index is 976. The van der Waals surface area contributed by atoms with Crippen molar-refractivity contribution in [3.8, 4) is 0 Å². The maximum atomic E-state index is 12.8. The molecule has 2 aromatic heterocycles. The number of carbonyl (C=O) groups excluding carboxylic acids is 2. The van der Waals surface area contributed by atoms with Crippen molar-refractivity contribution in [1.82, 2.24) is 14.8 Å². The zero-order chi connectivity index (χ0) is 21.7. The van der Waals surface area contributed by atoms with Crippen LogP contribution in [0.1, 0.15) is 44.6 Å². The first-order chi connectivity index (χ1) is 14.1. The average molecular weight is 416 g/mol. The molecule has 10 nitrogen and oxygen atoms in total. The number of anilines is 3. The van der Waals surface area contributed by atoms with Gasteiger partial charge in [0.15, 0.2) is 11.5 Å². The Morgan fingerprint density at radius 1 is 1.23 bits per heavy atom.